The Hall–Kier alpha value is -1.79. The molecule has 20 heavy (non-hydrogen) atoms. The summed E-state index contributed by atoms with van der Waals surface area (Å²) in [6.45, 7) is 5.38. The summed E-state index contributed by atoms with van der Waals surface area (Å²) in [6, 6.07) is -1.26. The number of hydrogen-bond acceptors (Lipinski definition) is 3. The van der Waals surface area contributed by atoms with Gasteiger partial charge in [-0.15, -0.1) is 0 Å². The Labute approximate surface area is 118 Å². The summed E-state index contributed by atoms with van der Waals surface area (Å²) in [4.78, 5) is 34.1. The largest absolute Gasteiger partial charge is 0.480 e. The van der Waals surface area contributed by atoms with Crippen LogP contribution in [-0.4, -0.2) is 41.6 Å². The maximum atomic E-state index is 11.6. The first-order chi connectivity index (χ1) is 9.20. The molecule has 1 aliphatic rings. The van der Waals surface area contributed by atoms with E-state index in [0.717, 1.165) is 12.8 Å². The molecule has 0 aromatic rings. The Kier molecular flexibility index (Phi) is 5.35. The lowest BCUT2D eigenvalue weighted by Gasteiger charge is -2.27. The predicted molar refractivity (Wildman–Crippen MR) is 73.2 cm³/mol. The van der Waals surface area contributed by atoms with Crippen LogP contribution >= 0.6 is 0 Å². The van der Waals surface area contributed by atoms with Crippen LogP contribution in [0.25, 0.3) is 0 Å². The number of carboxylic acids is 1. The van der Waals surface area contributed by atoms with Gasteiger partial charge in [-0.05, 0) is 18.3 Å². The first-order valence-corrected chi connectivity index (χ1v) is 6.76. The van der Waals surface area contributed by atoms with Gasteiger partial charge >= 0.3 is 12.0 Å². The highest BCUT2D eigenvalue weighted by molar-refractivity contribution is 5.83. The van der Waals surface area contributed by atoms with Crippen molar-refractivity contribution in [3.8, 4) is 0 Å². The first-order valence-electron chi connectivity index (χ1n) is 6.76. The zero-order valence-corrected chi connectivity index (χ0v) is 12.2. The molecule has 1 saturated carbocycles. The van der Waals surface area contributed by atoms with E-state index < -0.39 is 23.5 Å². The van der Waals surface area contributed by atoms with E-state index in [0.29, 0.717) is 6.04 Å². The van der Waals surface area contributed by atoms with Gasteiger partial charge < -0.3 is 21.1 Å². The van der Waals surface area contributed by atoms with Crippen LogP contribution in [0, 0.1) is 5.41 Å². The van der Waals surface area contributed by atoms with E-state index in [9.17, 15) is 14.4 Å². The number of carbonyl (C=O) groups excluding carboxylic acids is 2. The molecule has 7 nitrogen and oxygen atoms in total. The summed E-state index contributed by atoms with van der Waals surface area (Å²) in [7, 11) is 0. The van der Waals surface area contributed by atoms with Crippen LogP contribution in [0.1, 0.15) is 40.0 Å². The van der Waals surface area contributed by atoms with Gasteiger partial charge in [0, 0.05) is 19.0 Å². The van der Waals surface area contributed by atoms with Crippen molar-refractivity contribution in [2.24, 2.45) is 5.41 Å². The number of nitrogens with one attached hydrogen (secondary N) is 3. The van der Waals surface area contributed by atoms with Gasteiger partial charge in [-0.2, -0.15) is 0 Å². The summed E-state index contributed by atoms with van der Waals surface area (Å²) in [5.74, 6) is -1.18. The van der Waals surface area contributed by atoms with Crippen molar-refractivity contribution in [2.75, 3.05) is 6.54 Å². The molecular weight excluding hydrogens is 262 g/mol. The smallest absolute Gasteiger partial charge is 0.326 e. The molecule has 0 spiro atoms. The van der Waals surface area contributed by atoms with Crippen molar-refractivity contribution in [3.63, 3.8) is 0 Å². The quantitative estimate of drug-likeness (QED) is 0.568. The second-order valence-electron chi connectivity index (χ2n) is 6.13. The minimum absolute atomic E-state index is 0.0987. The third kappa shape index (κ3) is 5.90. The van der Waals surface area contributed by atoms with Gasteiger partial charge in [0.05, 0.1) is 0 Å². The Bertz CT molecular complexity index is 386. The fourth-order valence-electron chi connectivity index (χ4n) is 1.65. The topological polar surface area (TPSA) is 108 Å². The molecule has 0 heterocycles. The second-order valence-corrected chi connectivity index (χ2v) is 6.13. The summed E-state index contributed by atoms with van der Waals surface area (Å²) in [5.41, 5.74) is -0.591. The number of carbonyl (C=O) groups is 3. The van der Waals surface area contributed by atoms with Gasteiger partial charge in [-0.25, -0.2) is 9.59 Å². The predicted octanol–water partition coefficient (Wildman–Crippen LogP) is 0.454. The van der Waals surface area contributed by atoms with Crippen LogP contribution in [0.3, 0.4) is 0 Å². The molecule has 1 fully saturated rings. The summed E-state index contributed by atoms with van der Waals surface area (Å²) in [5, 5.41) is 16.8. The van der Waals surface area contributed by atoms with Crippen molar-refractivity contribution in [1.82, 2.24) is 16.0 Å². The van der Waals surface area contributed by atoms with Crippen LogP contribution in [0.2, 0.25) is 0 Å². The van der Waals surface area contributed by atoms with Crippen molar-refractivity contribution in [3.05, 3.63) is 0 Å². The fourth-order valence-corrected chi connectivity index (χ4v) is 1.65. The lowest BCUT2D eigenvalue weighted by Crippen LogP contribution is -2.52. The van der Waals surface area contributed by atoms with Gasteiger partial charge in [-0.1, -0.05) is 20.8 Å². The lowest BCUT2D eigenvalue weighted by molar-refractivity contribution is -0.141. The van der Waals surface area contributed by atoms with E-state index in [1.165, 1.54) is 0 Å². The summed E-state index contributed by atoms with van der Waals surface area (Å²) >= 11 is 0. The highest BCUT2D eigenvalue weighted by Gasteiger charge is 2.32. The van der Waals surface area contributed by atoms with E-state index in [2.05, 4.69) is 16.0 Å². The maximum Gasteiger partial charge on any atom is 0.326 e. The standard InChI is InChI=1S/C13H23N3O4/c1-13(2,3)10(11(18)19)16-12(20)14-7-6-9(17)15-8-4-5-8/h8,10H,4-7H2,1-3H3,(H,15,17)(H,18,19)(H2,14,16,20)/t10-/m0/s1. The van der Waals surface area contributed by atoms with E-state index in [1.54, 1.807) is 20.8 Å². The zero-order chi connectivity index (χ0) is 15.3. The number of aliphatic carboxylic acids is 1. The van der Waals surface area contributed by atoms with Crippen molar-refractivity contribution in [2.45, 2.75) is 52.1 Å². The molecule has 1 rings (SSSR count). The molecule has 0 saturated heterocycles. The average molecular weight is 285 g/mol. The number of hydrogen-bond donors (Lipinski definition) is 4. The molecule has 7 heteroatoms. The van der Waals surface area contributed by atoms with Crippen LogP contribution in [0.4, 0.5) is 4.79 Å². The minimum Gasteiger partial charge on any atom is -0.480 e. The second kappa shape index (κ2) is 6.58. The molecule has 0 aromatic carbocycles. The monoisotopic (exact) mass is 285 g/mol. The van der Waals surface area contributed by atoms with Crippen LogP contribution < -0.4 is 16.0 Å². The van der Waals surface area contributed by atoms with Crippen LogP contribution in [0.5, 0.6) is 0 Å². The number of rotatable bonds is 6. The summed E-state index contributed by atoms with van der Waals surface area (Å²) in [6.07, 6.45) is 2.23. The Morgan fingerprint density at radius 2 is 1.85 bits per heavy atom. The molecule has 1 aliphatic carbocycles. The van der Waals surface area contributed by atoms with E-state index in [1.807, 2.05) is 0 Å². The van der Waals surface area contributed by atoms with Gasteiger partial charge in [0.15, 0.2) is 0 Å². The molecule has 0 radical (unpaired) electrons. The number of urea groups is 1. The number of amides is 3. The number of carboxylic acid groups (broad SMARTS) is 1. The Morgan fingerprint density at radius 3 is 2.30 bits per heavy atom. The minimum atomic E-state index is -1.08. The molecular formula is C13H23N3O4. The molecule has 1 atom stereocenters. The average Bonchev–Trinajstić information content (AvgIpc) is 3.07. The molecule has 0 unspecified atom stereocenters. The third-order valence-electron chi connectivity index (χ3n) is 2.97. The first kappa shape index (κ1) is 16.3. The highest BCUT2D eigenvalue weighted by atomic mass is 16.4. The molecule has 0 bridgehead atoms. The Morgan fingerprint density at radius 1 is 1.25 bits per heavy atom. The van der Waals surface area contributed by atoms with E-state index in [4.69, 9.17) is 5.11 Å². The van der Waals surface area contributed by atoms with Gasteiger partial charge in [0.25, 0.3) is 0 Å². The molecule has 0 aliphatic heterocycles. The van der Waals surface area contributed by atoms with E-state index >= 15 is 0 Å². The van der Waals surface area contributed by atoms with Gasteiger partial charge in [-0.3, -0.25) is 4.79 Å². The van der Waals surface area contributed by atoms with Crippen molar-refractivity contribution >= 4 is 17.9 Å². The zero-order valence-electron chi connectivity index (χ0n) is 12.2. The van der Waals surface area contributed by atoms with Crippen LogP contribution in [0.15, 0.2) is 0 Å². The maximum absolute atomic E-state index is 11.6. The van der Waals surface area contributed by atoms with Crippen LogP contribution in [-0.2, 0) is 9.59 Å². The Balaban J connectivity index is 2.27. The lowest BCUT2D eigenvalue weighted by atomic mass is 9.87. The molecule has 4 N–H and O–H groups in total. The summed E-state index contributed by atoms with van der Waals surface area (Å²) < 4.78 is 0. The van der Waals surface area contributed by atoms with Gasteiger partial charge in [0.2, 0.25) is 5.91 Å². The van der Waals surface area contributed by atoms with Gasteiger partial charge in [0.1, 0.15) is 6.04 Å². The third-order valence-corrected chi connectivity index (χ3v) is 2.97. The normalized spacial score (nSPS) is 16.1. The van der Waals surface area contributed by atoms with Crippen molar-refractivity contribution < 1.29 is 19.5 Å². The molecule has 3 amide bonds. The highest BCUT2D eigenvalue weighted by Crippen LogP contribution is 2.19. The van der Waals surface area contributed by atoms with E-state index in [-0.39, 0.29) is 18.9 Å². The molecule has 0 aromatic heterocycles. The molecule has 114 valence electrons. The SMILES string of the molecule is CC(C)(C)[C@@H](NC(=O)NCCC(=O)NC1CC1)C(=O)O. The fraction of sp³-hybridized carbons (Fsp3) is 0.769. The van der Waals surface area contributed by atoms with Crippen molar-refractivity contribution in [1.29, 1.82) is 0 Å².